The third kappa shape index (κ3) is 5.49. The van der Waals surface area contributed by atoms with Crippen LogP contribution in [0.25, 0.3) is 0 Å². The van der Waals surface area contributed by atoms with E-state index in [1.807, 2.05) is 6.07 Å². The van der Waals surface area contributed by atoms with Gasteiger partial charge < -0.3 is 14.8 Å². The fourth-order valence-corrected chi connectivity index (χ4v) is 3.67. The molecule has 2 atom stereocenters. The first kappa shape index (κ1) is 26.3. The molecule has 1 aliphatic rings. The van der Waals surface area contributed by atoms with E-state index in [4.69, 9.17) is 14.7 Å². The lowest BCUT2D eigenvalue weighted by Gasteiger charge is -2.35. The van der Waals surface area contributed by atoms with E-state index in [2.05, 4.69) is 5.32 Å². The van der Waals surface area contributed by atoms with Gasteiger partial charge in [0.15, 0.2) is 6.10 Å². The number of amides is 2. The van der Waals surface area contributed by atoms with Crippen LogP contribution < -0.4 is 10.2 Å². The number of anilines is 1. The van der Waals surface area contributed by atoms with E-state index >= 15 is 0 Å². The zero-order valence-electron chi connectivity index (χ0n) is 19.6. The fourth-order valence-electron chi connectivity index (χ4n) is 3.67. The summed E-state index contributed by atoms with van der Waals surface area (Å²) in [6.45, 7) is 4.36. The van der Waals surface area contributed by atoms with Crippen LogP contribution in [0.5, 0.6) is 0 Å². The van der Waals surface area contributed by atoms with Crippen molar-refractivity contribution >= 4 is 23.7 Å². The summed E-state index contributed by atoms with van der Waals surface area (Å²) in [5, 5.41) is 11.7. The topological polar surface area (TPSA) is 109 Å². The van der Waals surface area contributed by atoms with Gasteiger partial charge in [0.2, 0.25) is 0 Å². The second-order valence-corrected chi connectivity index (χ2v) is 7.80. The zero-order valence-corrected chi connectivity index (χ0v) is 19.6. The molecule has 1 unspecified atom stereocenters. The lowest BCUT2D eigenvalue weighted by Crippen LogP contribution is -2.48. The van der Waals surface area contributed by atoms with Crippen LogP contribution in [0.1, 0.15) is 43.5 Å². The molecule has 0 bridgehead atoms. The SMILES string of the molecule is CCOC(=O)[C@H](C)OC(=O)C1=C(C)N(c2cccc(C(F)(F)F)c2)C(=O)NC1c1ccc(C#N)cc1. The van der Waals surface area contributed by atoms with Crippen LogP contribution >= 0.6 is 0 Å². The fraction of sp³-hybridized carbons (Fsp3) is 0.280. The van der Waals surface area contributed by atoms with Gasteiger partial charge in [-0.15, -0.1) is 0 Å². The second-order valence-electron chi connectivity index (χ2n) is 7.80. The van der Waals surface area contributed by atoms with Crippen molar-refractivity contribution in [2.45, 2.75) is 39.1 Å². The molecule has 0 aliphatic carbocycles. The van der Waals surface area contributed by atoms with Gasteiger partial charge in [-0.2, -0.15) is 18.4 Å². The van der Waals surface area contributed by atoms with Gasteiger partial charge in [-0.05, 0) is 56.7 Å². The average molecular weight is 501 g/mol. The van der Waals surface area contributed by atoms with Gasteiger partial charge in [0.1, 0.15) is 0 Å². The van der Waals surface area contributed by atoms with E-state index < -0.39 is 41.9 Å². The molecule has 1 heterocycles. The highest BCUT2D eigenvalue weighted by molar-refractivity contribution is 6.03. The molecule has 2 amide bonds. The van der Waals surface area contributed by atoms with Crippen molar-refractivity contribution in [2.75, 3.05) is 11.5 Å². The van der Waals surface area contributed by atoms with E-state index in [0.717, 1.165) is 23.1 Å². The van der Waals surface area contributed by atoms with Crippen LogP contribution in [0.15, 0.2) is 59.8 Å². The summed E-state index contributed by atoms with van der Waals surface area (Å²) in [7, 11) is 0. The van der Waals surface area contributed by atoms with Crippen molar-refractivity contribution in [3.8, 4) is 6.07 Å². The molecule has 0 saturated heterocycles. The Labute approximate surface area is 204 Å². The quantitative estimate of drug-likeness (QED) is 0.579. The predicted octanol–water partition coefficient (Wildman–Crippen LogP) is 4.62. The van der Waals surface area contributed by atoms with Gasteiger partial charge in [-0.3, -0.25) is 4.90 Å². The van der Waals surface area contributed by atoms with Gasteiger partial charge in [0, 0.05) is 5.70 Å². The number of alkyl halides is 3. The second kappa shape index (κ2) is 10.5. The zero-order chi connectivity index (χ0) is 26.6. The summed E-state index contributed by atoms with van der Waals surface area (Å²) in [4.78, 5) is 39.3. The Morgan fingerprint density at radius 3 is 2.44 bits per heavy atom. The normalized spacial score (nSPS) is 16.6. The number of esters is 2. The third-order valence-corrected chi connectivity index (χ3v) is 5.41. The standard InChI is InChI=1S/C25H22F3N3O5/c1-4-35-22(32)15(3)36-23(33)20-14(2)31(19-7-5-6-18(12-19)25(26,27)28)24(34)30-21(20)17-10-8-16(13-29)9-11-17/h5-12,15,21H,4H2,1-3H3,(H,30,34)/t15-,21?/m0/s1. The Kier molecular flexibility index (Phi) is 7.68. The minimum absolute atomic E-state index is 0.00786. The molecule has 0 aromatic heterocycles. The van der Waals surface area contributed by atoms with Crippen LogP contribution in [0, 0.1) is 11.3 Å². The molecule has 2 aromatic carbocycles. The molecule has 2 aromatic rings. The molecule has 0 saturated carbocycles. The van der Waals surface area contributed by atoms with Crippen molar-refractivity contribution in [3.63, 3.8) is 0 Å². The van der Waals surface area contributed by atoms with Gasteiger partial charge >= 0.3 is 24.1 Å². The molecular formula is C25H22F3N3O5. The molecule has 0 spiro atoms. The number of allylic oxidation sites excluding steroid dienone is 1. The van der Waals surface area contributed by atoms with E-state index in [1.165, 1.54) is 44.2 Å². The molecule has 0 fully saturated rings. The minimum Gasteiger partial charge on any atom is -0.463 e. The number of nitrogens with zero attached hydrogens (tertiary/aromatic N) is 2. The number of nitriles is 1. The molecular weight excluding hydrogens is 479 g/mol. The summed E-state index contributed by atoms with van der Waals surface area (Å²) < 4.78 is 50.0. The van der Waals surface area contributed by atoms with Crippen molar-refractivity contribution < 1.29 is 37.0 Å². The number of carbonyl (C=O) groups is 3. The highest BCUT2D eigenvalue weighted by Crippen LogP contribution is 2.37. The molecule has 0 radical (unpaired) electrons. The molecule has 1 aliphatic heterocycles. The number of urea groups is 1. The first-order valence-electron chi connectivity index (χ1n) is 10.8. The maximum Gasteiger partial charge on any atom is 0.416 e. The number of halogens is 3. The Hall–Kier alpha value is -4.33. The Morgan fingerprint density at radius 2 is 1.86 bits per heavy atom. The van der Waals surface area contributed by atoms with E-state index in [0.29, 0.717) is 11.1 Å². The Morgan fingerprint density at radius 1 is 1.19 bits per heavy atom. The maximum absolute atomic E-state index is 13.3. The molecule has 36 heavy (non-hydrogen) atoms. The van der Waals surface area contributed by atoms with Crippen LogP contribution in [-0.4, -0.2) is 30.7 Å². The average Bonchev–Trinajstić information content (AvgIpc) is 2.83. The van der Waals surface area contributed by atoms with E-state index in [1.54, 1.807) is 6.92 Å². The first-order chi connectivity index (χ1) is 17.0. The van der Waals surface area contributed by atoms with Crippen molar-refractivity contribution in [2.24, 2.45) is 0 Å². The minimum atomic E-state index is -4.65. The number of hydrogen-bond acceptors (Lipinski definition) is 6. The van der Waals surface area contributed by atoms with Crippen LogP contribution in [0.2, 0.25) is 0 Å². The molecule has 8 nitrogen and oxygen atoms in total. The van der Waals surface area contributed by atoms with E-state index in [9.17, 15) is 27.6 Å². The number of nitrogens with one attached hydrogen (secondary N) is 1. The summed E-state index contributed by atoms with van der Waals surface area (Å²) in [6.07, 6.45) is -5.93. The highest BCUT2D eigenvalue weighted by Gasteiger charge is 2.39. The maximum atomic E-state index is 13.3. The summed E-state index contributed by atoms with van der Waals surface area (Å²) in [6, 6.07) is 10.2. The van der Waals surface area contributed by atoms with Crippen LogP contribution in [-0.2, 0) is 25.2 Å². The molecule has 11 heteroatoms. The third-order valence-electron chi connectivity index (χ3n) is 5.41. The predicted molar refractivity (Wildman–Crippen MR) is 121 cm³/mol. The lowest BCUT2D eigenvalue weighted by molar-refractivity contribution is -0.164. The molecule has 1 N–H and O–H groups in total. The largest absolute Gasteiger partial charge is 0.463 e. The number of hydrogen-bond donors (Lipinski definition) is 1. The van der Waals surface area contributed by atoms with Crippen LogP contribution in [0.4, 0.5) is 23.7 Å². The van der Waals surface area contributed by atoms with Crippen LogP contribution in [0.3, 0.4) is 0 Å². The first-order valence-corrected chi connectivity index (χ1v) is 10.8. The monoisotopic (exact) mass is 501 g/mol. The smallest absolute Gasteiger partial charge is 0.416 e. The number of benzene rings is 2. The Balaban J connectivity index is 2.11. The van der Waals surface area contributed by atoms with Gasteiger partial charge in [-0.25, -0.2) is 14.4 Å². The highest BCUT2D eigenvalue weighted by atomic mass is 19.4. The van der Waals surface area contributed by atoms with E-state index in [-0.39, 0.29) is 23.6 Å². The number of carbonyl (C=O) groups excluding carboxylic acids is 3. The number of ether oxygens (including phenoxy) is 2. The Bertz CT molecular complexity index is 1250. The molecule has 3 rings (SSSR count). The van der Waals surface area contributed by atoms with Gasteiger partial charge in [0.05, 0.1) is 41.1 Å². The van der Waals surface area contributed by atoms with Gasteiger partial charge in [-0.1, -0.05) is 18.2 Å². The van der Waals surface area contributed by atoms with Gasteiger partial charge in [0.25, 0.3) is 0 Å². The summed E-state index contributed by atoms with van der Waals surface area (Å²) >= 11 is 0. The summed E-state index contributed by atoms with van der Waals surface area (Å²) in [5.74, 6) is -1.76. The summed E-state index contributed by atoms with van der Waals surface area (Å²) in [5.41, 5.74) is -0.438. The van der Waals surface area contributed by atoms with Crippen molar-refractivity contribution in [3.05, 3.63) is 76.5 Å². The van der Waals surface area contributed by atoms with Crippen molar-refractivity contribution in [1.29, 1.82) is 5.26 Å². The lowest BCUT2D eigenvalue weighted by atomic mass is 9.94. The molecule has 188 valence electrons. The number of rotatable bonds is 6. The van der Waals surface area contributed by atoms with Crippen molar-refractivity contribution in [1.82, 2.24) is 5.32 Å².